The molecule has 0 saturated heterocycles. The van der Waals surface area contributed by atoms with E-state index < -0.39 is 4.92 Å². The number of benzene rings is 1. The third-order valence-corrected chi connectivity index (χ3v) is 2.71. The van der Waals surface area contributed by atoms with Crippen LogP contribution in [0.25, 0.3) is 0 Å². The first-order chi connectivity index (χ1) is 9.13. The van der Waals surface area contributed by atoms with Crippen LogP contribution in [-0.4, -0.2) is 22.9 Å². The third-order valence-electron chi connectivity index (χ3n) is 2.71. The first kappa shape index (κ1) is 12.8. The Morgan fingerprint density at radius 2 is 2.21 bits per heavy atom. The predicted molar refractivity (Wildman–Crippen MR) is 68.6 cm³/mol. The fourth-order valence-electron chi connectivity index (χ4n) is 1.81. The van der Waals surface area contributed by atoms with Gasteiger partial charge >= 0.3 is 5.69 Å². The number of ether oxygens (including phenoxy) is 1. The molecule has 1 heterocycles. The summed E-state index contributed by atoms with van der Waals surface area (Å²) in [6, 6.07) is 6.48. The normalized spacial score (nSPS) is 10.2. The molecular formula is C13H12N2O4. The first-order valence-corrected chi connectivity index (χ1v) is 5.56. The molecule has 0 bridgehead atoms. The quantitative estimate of drug-likeness (QED) is 0.469. The van der Waals surface area contributed by atoms with Crippen LogP contribution in [0, 0.1) is 10.1 Å². The zero-order valence-corrected chi connectivity index (χ0v) is 10.3. The summed E-state index contributed by atoms with van der Waals surface area (Å²) in [5.74, 6) is 0.231. The number of aromatic nitrogens is 1. The molecular weight excluding hydrogens is 248 g/mol. The second-order valence-electron chi connectivity index (χ2n) is 4.00. The van der Waals surface area contributed by atoms with Crippen molar-refractivity contribution in [3.8, 4) is 5.75 Å². The number of carbonyl (C=O) groups is 1. The number of carbonyl (C=O) groups excluding carboxylic acids is 1. The van der Waals surface area contributed by atoms with Crippen molar-refractivity contribution in [3.63, 3.8) is 0 Å². The number of nitro groups is 1. The lowest BCUT2D eigenvalue weighted by molar-refractivity contribution is -0.385. The Labute approximate surface area is 109 Å². The molecule has 6 heteroatoms. The van der Waals surface area contributed by atoms with Crippen LogP contribution in [0.4, 0.5) is 5.69 Å². The molecule has 0 aliphatic carbocycles. The molecule has 0 spiro atoms. The van der Waals surface area contributed by atoms with Crippen LogP contribution in [0.15, 0.2) is 36.7 Å². The van der Waals surface area contributed by atoms with Gasteiger partial charge in [-0.25, -0.2) is 0 Å². The van der Waals surface area contributed by atoms with Gasteiger partial charge in [-0.2, -0.15) is 0 Å². The van der Waals surface area contributed by atoms with Crippen LogP contribution in [0.1, 0.15) is 15.9 Å². The number of hydrogen-bond acceptors (Lipinski definition) is 4. The Morgan fingerprint density at radius 1 is 1.42 bits per heavy atom. The molecule has 0 amide bonds. The number of methoxy groups -OCH3 is 1. The molecule has 6 nitrogen and oxygen atoms in total. The van der Waals surface area contributed by atoms with E-state index in [1.165, 1.54) is 13.2 Å². The maximum Gasteiger partial charge on any atom is 0.311 e. The maximum absolute atomic E-state index is 10.9. The Balaban J connectivity index is 2.28. The van der Waals surface area contributed by atoms with Gasteiger partial charge in [-0.1, -0.05) is 6.07 Å². The van der Waals surface area contributed by atoms with Gasteiger partial charge in [0.15, 0.2) is 12.0 Å². The monoisotopic (exact) mass is 260 g/mol. The van der Waals surface area contributed by atoms with Crippen molar-refractivity contribution in [2.75, 3.05) is 7.11 Å². The van der Waals surface area contributed by atoms with Crippen molar-refractivity contribution in [1.29, 1.82) is 0 Å². The zero-order chi connectivity index (χ0) is 13.8. The van der Waals surface area contributed by atoms with Gasteiger partial charge in [-0.3, -0.25) is 14.9 Å². The Bertz CT molecular complexity index is 619. The summed E-state index contributed by atoms with van der Waals surface area (Å²) in [6.07, 6.45) is 4.19. The van der Waals surface area contributed by atoms with Crippen molar-refractivity contribution in [1.82, 2.24) is 4.57 Å². The number of rotatable bonds is 5. The molecule has 1 aromatic carbocycles. The highest BCUT2D eigenvalue weighted by Gasteiger charge is 2.15. The fraction of sp³-hybridized carbons (Fsp3) is 0.154. The van der Waals surface area contributed by atoms with Crippen LogP contribution >= 0.6 is 0 Å². The van der Waals surface area contributed by atoms with Crippen LogP contribution in [-0.2, 0) is 6.54 Å². The molecule has 0 radical (unpaired) electrons. The SMILES string of the molecule is COc1ccc(Cn2ccc(C=O)c2)cc1[N+](=O)[O-]. The highest BCUT2D eigenvalue weighted by Crippen LogP contribution is 2.27. The van der Waals surface area contributed by atoms with Crippen molar-refractivity contribution in [2.45, 2.75) is 6.54 Å². The first-order valence-electron chi connectivity index (χ1n) is 5.56. The van der Waals surface area contributed by atoms with Gasteiger partial charge < -0.3 is 9.30 Å². The molecule has 1 aromatic heterocycles. The molecule has 0 unspecified atom stereocenters. The molecule has 19 heavy (non-hydrogen) atoms. The molecule has 0 saturated carbocycles. The second-order valence-corrected chi connectivity index (χ2v) is 4.00. The molecule has 0 aliphatic heterocycles. The number of hydrogen-bond donors (Lipinski definition) is 0. The maximum atomic E-state index is 10.9. The molecule has 0 atom stereocenters. The molecule has 0 N–H and O–H groups in total. The van der Waals surface area contributed by atoms with E-state index in [-0.39, 0.29) is 11.4 Å². The van der Waals surface area contributed by atoms with Crippen molar-refractivity contribution in [2.24, 2.45) is 0 Å². The molecule has 98 valence electrons. The van der Waals surface area contributed by atoms with Gasteiger partial charge in [-0.05, 0) is 17.7 Å². The van der Waals surface area contributed by atoms with Gasteiger partial charge in [0, 0.05) is 30.6 Å². The largest absolute Gasteiger partial charge is 0.490 e. The van der Waals surface area contributed by atoms with Crippen LogP contribution in [0.3, 0.4) is 0 Å². The number of nitro benzene ring substituents is 1. The standard InChI is InChI=1S/C13H12N2O4/c1-19-13-3-2-10(6-12(13)15(17)18)7-14-5-4-11(8-14)9-16/h2-6,8-9H,7H2,1H3. The van der Waals surface area contributed by atoms with E-state index in [4.69, 9.17) is 4.74 Å². The summed E-state index contributed by atoms with van der Waals surface area (Å²) in [4.78, 5) is 21.0. The molecule has 0 fully saturated rings. The van der Waals surface area contributed by atoms with E-state index in [0.29, 0.717) is 12.1 Å². The van der Waals surface area contributed by atoms with Gasteiger partial charge in [0.05, 0.1) is 12.0 Å². The highest BCUT2D eigenvalue weighted by molar-refractivity contribution is 5.74. The Morgan fingerprint density at radius 3 is 2.79 bits per heavy atom. The number of nitrogens with zero attached hydrogens (tertiary/aromatic N) is 2. The average Bonchev–Trinajstić information content (AvgIpc) is 2.86. The topological polar surface area (TPSA) is 74.4 Å². The highest BCUT2D eigenvalue weighted by atomic mass is 16.6. The van der Waals surface area contributed by atoms with Gasteiger partial charge in [0.1, 0.15) is 0 Å². The summed E-state index contributed by atoms with van der Waals surface area (Å²) < 4.78 is 6.73. The lowest BCUT2D eigenvalue weighted by Crippen LogP contribution is -1.99. The van der Waals surface area contributed by atoms with E-state index in [0.717, 1.165) is 11.8 Å². The minimum Gasteiger partial charge on any atom is -0.490 e. The predicted octanol–water partition coefficient (Wildman–Crippen LogP) is 2.27. The Hall–Kier alpha value is -2.63. The smallest absolute Gasteiger partial charge is 0.311 e. The minimum absolute atomic E-state index is 0.0669. The van der Waals surface area contributed by atoms with E-state index in [1.54, 1.807) is 35.2 Å². The van der Waals surface area contributed by atoms with Gasteiger partial charge in [0.25, 0.3) is 0 Å². The summed E-state index contributed by atoms with van der Waals surface area (Å²) in [7, 11) is 1.39. The van der Waals surface area contributed by atoms with Crippen molar-refractivity contribution >= 4 is 12.0 Å². The molecule has 0 aliphatic rings. The lowest BCUT2D eigenvalue weighted by Gasteiger charge is -2.06. The fourth-order valence-corrected chi connectivity index (χ4v) is 1.81. The lowest BCUT2D eigenvalue weighted by atomic mass is 10.2. The summed E-state index contributed by atoms with van der Waals surface area (Å²) in [5, 5.41) is 10.9. The molecule has 2 rings (SSSR count). The summed E-state index contributed by atoms with van der Waals surface area (Å²) in [5.41, 5.74) is 1.27. The Kier molecular flexibility index (Phi) is 3.61. The third kappa shape index (κ3) is 2.79. The van der Waals surface area contributed by atoms with Crippen LogP contribution in [0.5, 0.6) is 5.75 Å². The van der Waals surface area contributed by atoms with E-state index in [1.807, 2.05) is 0 Å². The minimum atomic E-state index is -0.477. The average molecular weight is 260 g/mol. The van der Waals surface area contributed by atoms with E-state index in [2.05, 4.69) is 0 Å². The van der Waals surface area contributed by atoms with Crippen molar-refractivity contribution < 1.29 is 14.5 Å². The van der Waals surface area contributed by atoms with Gasteiger partial charge in [0.2, 0.25) is 0 Å². The summed E-state index contributed by atoms with van der Waals surface area (Å²) in [6.45, 7) is 0.457. The van der Waals surface area contributed by atoms with Crippen LogP contribution < -0.4 is 4.74 Å². The van der Waals surface area contributed by atoms with E-state index >= 15 is 0 Å². The van der Waals surface area contributed by atoms with Crippen molar-refractivity contribution in [3.05, 3.63) is 57.9 Å². The summed E-state index contributed by atoms with van der Waals surface area (Å²) >= 11 is 0. The van der Waals surface area contributed by atoms with E-state index in [9.17, 15) is 14.9 Å². The van der Waals surface area contributed by atoms with Crippen LogP contribution in [0.2, 0.25) is 0 Å². The van der Waals surface area contributed by atoms with Gasteiger partial charge in [-0.15, -0.1) is 0 Å². The second kappa shape index (κ2) is 5.34. The molecule has 2 aromatic rings. The zero-order valence-electron chi connectivity index (χ0n) is 10.3. The number of aldehydes is 1.